The largest absolute Gasteiger partial charge is 0.342 e. The number of rotatable bonds is 3. The molecule has 0 aliphatic carbocycles. The Morgan fingerprint density at radius 2 is 1.96 bits per heavy atom. The van der Waals surface area contributed by atoms with Gasteiger partial charge in [0, 0.05) is 30.6 Å². The highest BCUT2D eigenvalue weighted by Crippen LogP contribution is 2.25. The molecule has 27 heavy (non-hydrogen) atoms. The van der Waals surface area contributed by atoms with Crippen molar-refractivity contribution in [2.24, 2.45) is 0 Å². The summed E-state index contributed by atoms with van der Waals surface area (Å²) in [4.78, 5) is 33.9. The highest BCUT2D eigenvalue weighted by atomic mass is 35.5. The number of hydrogen-bond donors (Lipinski definition) is 1. The Morgan fingerprint density at radius 1 is 1.19 bits per heavy atom. The number of hydrogen-bond acceptors (Lipinski definition) is 4. The van der Waals surface area contributed by atoms with Crippen LogP contribution in [0.1, 0.15) is 35.1 Å². The highest BCUT2D eigenvalue weighted by Gasteiger charge is 2.26. The van der Waals surface area contributed by atoms with Crippen molar-refractivity contribution >= 4 is 17.5 Å². The van der Waals surface area contributed by atoms with Gasteiger partial charge in [0.25, 0.3) is 11.5 Å². The molecule has 1 atom stereocenters. The third-order valence-corrected chi connectivity index (χ3v) is 4.95. The summed E-state index contributed by atoms with van der Waals surface area (Å²) in [6.07, 6.45) is 4.81. The molecule has 1 amide bonds. The molecule has 1 N–H and O–H groups in total. The van der Waals surface area contributed by atoms with Gasteiger partial charge in [0.2, 0.25) is 0 Å². The van der Waals surface area contributed by atoms with Crippen molar-refractivity contribution in [3.63, 3.8) is 0 Å². The van der Waals surface area contributed by atoms with Crippen LogP contribution in [0.3, 0.4) is 0 Å². The second-order valence-electron chi connectivity index (χ2n) is 6.37. The van der Waals surface area contributed by atoms with Crippen LogP contribution in [0.2, 0.25) is 5.02 Å². The summed E-state index contributed by atoms with van der Waals surface area (Å²) in [6, 6.07) is 11.7. The summed E-state index contributed by atoms with van der Waals surface area (Å²) in [5.41, 5.74) is 1.67. The van der Waals surface area contributed by atoms with Crippen molar-refractivity contribution in [1.82, 2.24) is 19.9 Å². The fourth-order valence-corrected chi connectivity index (χ4v) is 3.51. The molecule has 0 spiro atoms. The first kappa shape index (κ1) is 17.4. The van der Waals surface area contributed by atoms with Crippen LogP contribution in [0.15, 0.2) is 59.7 Å². The van der Waals surface area contributed by atoms with Gasteiger partial charge in [-0.15, -0.1) is 0 Å². The predicted octanol–water partition coefficient (Wildman–Crippen LogP) is 3.22. The molecule has 3 aromatic rings. The number of amides is 1. The molecule has 6 nitrogen and oxygen atoms in total. The van der Waals surface area contributed by atoms with Crippen molar-refractivity contribution in [2.45, 2.75) is 25.4 Å². The number of benzene rings is 1. The van der Waals surface area contributed by atoms with E-state index in [9.17, 15) is 9.59 Å². The van der Waals surface area contributed by atoms with Gasteiger partial charge in [-0.25, -0.2) is 4.98 Å². The van der Waals surface area contributed by atoms with Crippen molar-refractivity contribution < 1.29 is 4.79 Å². The lowest BCUT2D eigenvalue weighted by Crippen LogP contribution is -2.38. The zero-order valence-corrected chi connectivity index (χ0v) is 15.2. The standard InChI is InChI=1S/C20H17ClN4O2/c21-15-5-2-1-4-14(15)20(27)24-16-6-3-11-25-18(26)12-17(23-19(16)25)13-7-9-22-10-8-13/h1-2,4-5,7-10,12,16H,3,6,11H2,(H,24,27). The number of carbonyl (C=O) groups is 1. The molecule has 0 bridgehead atoms. The first-order chi connectivity index (χ1) is 13.1. The predicted molar refractivity (Wildman–Crippen MR) is 103 cm³/mol. The monoisotopic (exact) mass is 380 g/mol. The SMILES string of the molecule is O=C(NC1CCCn2c1nc(-c1ccncc1)cc2=O)c1ccccc1Cl. The highest BCUT2D eigenvalue weighted by molar-refractivity contribution is 6.33. The normalized spacial score (nSPS) is 15.8. The average molecular weight is 381 g/mol. The quantitative estimate of drug-likeness (QED) is 0.756. The van der Waals surface area contributed by atoms with E-state index in [-0.39, 0.29) is 17.5 Å². The number of nitrogens with one attached hydrogen (secondary N) is 1. The maximum atomic E-state index is 12.7. The molecule has 136 valence electrons. The number of nitrogens with zero attached hydrogens (tertiary/aromatic N) is 3. The second kappa shape index (κ2) is 7.32. The molecule has 1 aliphatic rings. The topological polar surface area (TPSA) is 76.9 Å². The number of aromatic nitrogens is 3. The molecular formula is C20H17ClN4O2. The van der Waals surface area contributed by atoms with Crippen LogP contribution >= 0.6 is 11.6 Å². The zero-order valence-electron chi connectivity index (χ0n) is 14.4. The zero-order chi connectivity index (χ0) is 18.8. The van der Waals surface area contributed by atoms with Crippen LogP contribution < -0.4 is 10.9 Å². The molecule has 3 heterocycles. The first-order valence-corrected chi connectivity index (χ1v) is 9.09. The van der Waals surface area contributed by atoms with E-state index < -0.39 is 0 Å². The van der Waals surface area contributed by atoms with Crippen molar-refractivity contribution in [1.29, 1.82) is 0 Å². The minimum Gasteiger partial charge on any atom is -0.342 e. The molecule has 0 saturated carbocycles. The van der Waals surface area contributed by atoms with E-state index in [2.05, 4.69) is 15.3 Å². The summed E-state index contributed by atoms with van der Waals surface area (Å²) in [7, 11) is 0. The fourth-order valence-electron chi connectivity index (χ4n) is 3.29. The van der Waals surface area contributed by atoms with Crippen LogP contribution in [0, 0.1) is 0 Å². The molecule has 0 saturated heterocycles. The van der Waals surface area contributed by atoms with Gasteiger partial charge in [-0.05, 0) is 37.1 Å². The average Bonchev–Trinajstić information content (AvgIpc) is 2.69. The van der Waals surface area contributed by atoms with Gasteiger partial charge in [-0.3, -0.25) is 19.1 Å². The van der Waals surface area contributed by atoms with Crippen molar-refractivity contribution in [3.05, 3.63) is 81.6 Å². The second-order valence-corrected chi connectivity index (χ2v) is 6.78. The third-order valence-electron chi connectivity index (χ3n) is 4.62. The Balaban J connectivity index is 1.70. The number of pyridine rings is 1. The van der Waals surface area contributed by atoms with Gasteiger partial charge in [0.05, 0.1) is 22.3 Å². The van der Waals surface area contributed by atoms with E-state index in [0.717, 1.165) is 12.0 Å². The summed E-state index contributed by atoms with van der Waals surface area (Å²) >= 11 is 6.13. The molecular weight excluding hydrogens is 364 g/mol. The maximum Gasteiger partial charge on any atom is 0.254 e. The minimum atomic E-state index is -0.350. The Hall–Kier alpha value is -2.99. The Kier molecular flexibility index (Phi) is 4.73. The molecule has 1 aliphatic heterocycles. The van der Waals surface area contributed by atoms with E-state index in [0.29, 0.717) is 35.1 Å². The Labute approximate surface area is 160 Å². The van der Waals surface area contributed by atoms with Gasteiger partial charge in [0.1, 0.15) is 5.82 Å². The van der Waals surface area contributed by atoms with E-state index in [1.54, 1.807) is 53.4 Å². The summed E-state index contributed by atoms with van der Waals surface area (Å²) in [5.74, 6) is 0.295. The molecule has 0 fully saturated rings. The van der Waals surface area contributed by atoms with Gasteiger partial charge in [0.15, 0.2) is 0 Å². The lowest BCUT2D eigenvalue weighted by molar-refractivity contribution is 0.0927. The molecule has 7 heteroatoms. The van der Waals surface area contributed by atoms with Gasteiger partial charge in [-0.2, -0.15) is 0 Å². The summed E-state index contributed by atoms with van der Waals surface area (Å²) in [5, 5.41) is 3.37. The Bertz CT molecular complexity index is 1050. The van der Waals surface area contributed by atoms with E-state index >= 15 is 0 Å². The van der Waals surface area contributed by atoms with Gasteiger partial charge >= 0.3 is 0 Å². The van der Waals surface area contributed by atoms with Crippen LogP contribution in [0.25, 0.3) is 11.3 Å². The summed E-state index contributed by atoms with van der Waals surface area (Å²) in [6.45, 7) is 0.594. The van der Waals surface area contributed by atoms with Crippen molar-refractivity contribution in [2.75, 3.05) is 0 Å². The van der Waals surface area contributed by atoms with Crippen molar-refractivity contribution in [3.8, 4) is 11.3 Å². The van der Waals surface area contributed by atoms with Crippen LogP contribution in [0.4, 0.5) is 0 Å². The molecule has 0 radical (unpaired) electrons. The van der Waals surface area contributed by atoms with Crippen LogP contribution in [-0.4, -0.2) is 20.4 Å². The smallest absolute Gasteiger partial charge is 0.254 e. The molecule has 1 aromatic carbocycles. The van der Waals surface area contributed by atoms with Gasteiger partial charge in [-0.1, -0.05) is 23.7 Å². The molecule has 1 unspecified atom stereocenters. The van der Waals surface area contributed by atoms with Gasteiger partial charge < -0.3 is 5.32 Å². The van der Waals surface area contributed by atoms with Crippen LogP contribution in [0.5, 0.6) is 0 Å². The summed E-state index contributed by atoms with van der Waals surface area (Å²) < 4.78 is 1.63. The number of fused-ring (bicyclic) bond motifs is 1. The number of halogens is 1. The lowest BCUT2D eigenvalue weighted by atomic mass is 10.0. The van der Waals surface area contributed by atoms with E-state index in [1.807, 2.05) is 0 Å². The maximum absolute atomic E-state index is 12.7. The Morgan fingerprint density at radius 3 is 2.74 bits per heavy atom. The lowest BCUT2D eigenvalue weighted by Gasteiger charge is -2.27. The van der Waals surface area contributed by atoms with Crippen LogP contribution in [-0.2, 0) is 6.54 Å². The fraction of sp³-hybridized carbons (Fsp3) is 0.200. The molecule has 2 aromatic heterocycles. The van der Waals surface area contributed by atoms with E-state index in [4.69, 9.17) is 11.6 Å². The first-order valence-electron chi connectivity index (χ1n) is 8.71. The number of carbonyl (C=O) groups excluding carboxylic acids is 1. The molecule has 4 rings (SSSR count). The van der Waals surface area contributed by atoms with E-state index in [1.165, 1.54) is 6.07 Å². The third kappa shape index (κ3) is 3.48. The minimum absolute atomic E-state index is 0.122.